The molecule has 0 spiro atoms. The molecule has 24 heavy (non-hydrogen) atoms. The Hall–Kier alpha value is -2.17. The van der Waals surface area contributed by atoms with Gasteiger partial charge in [0.1, 0.15) is 6.04 Å². The summed E-state index contributed by atoms with van der Waals surface area (Å²) < 4.78 is 0. The highest BCUT2D eigenvalue weighted by Gasteiger charge is 2.44. The molecule has 0 bridgehead atoms. The zero-order chi connectivity index (χ0) is 17.3. The van der Waals surface area contributed by atoms with Crippen molar-refractivity contribution in [2.45, 2.75) is 58.0 Å². The molecule has 1 aromatic carbocycles. The van der Waals surface area contributed by atoms with Gasteiger partial charge < -0.3 is 5.32 Å². The van der Waals surface area contributed by atoms with Gasteiger partial charge in [0.2, 0.25) is 5.91 Å². The number of hydrogen-bond donors (Lipinski definition) is 1. The van der Waals surface area contributed by atoms with Gasteiger partial charge in [-0.25, -0.2) is 0 Å². The second kappa shape index (κ2) is 6.75. The van der Waals surface area contributed by atoms with Gasteiger partial charge in [0, 0.05) is 6.04 Å². The third kappa shape index (κ3) is 2.95. The number of fused-ring (bicyclic) bond motifs is 1. The Morgan fingerprint density at radius 2 is 1.58 bits per heavy atom. The maximum atomic E-state index is 12.8. The number of amides is 3. The quantitative estimate of drug-likeness (QED) is 0.864. The van der Waals surface area contributed by atoms with E-state index in [1.165, 1.54) is 6.42 Å². The van der Waals surface area contributed by atoms with Gasteiger partial charge in [-0.3, -0.25) is 19.3 Å². The molecule has 128 valence electrons. The molecule has 1 aliphatic carbocycles. The predicted molar refractivity (Wildman–Crippen MR) is 90.6 cm³/mol. The minimum Gasteiger partial charge on any atom is -0.352 e. The number of hydrogen-bond acceptors (Lipinski definition) is 3. The monoisotopic (exact) mass is 328 g/mol. The molecule has 1 unspecified atom stereocenters. The zero-order valence-electron chi connectivity index (χ0n) is 14.2. The SMILES string of the molecule is CC(C)C(C(=O)NC1CCCCC1)N1C(=O)c2ccccc2C1=O. The molecule has 3 amide bonds. The van der Waals surface area contributed by atoms with Crippen LogP contribution in [-0.4, -0.2) is 34.7 Å². The summed E-state index contributed by atoms with van der Waals surface area (Å²) in [5.41, 5.74) is 0.775. The summed E-state index contributed by atoms with van der Waals surface area (Å²) in [5, 5.41) is 3.06. The topological polar surface area (TPSA) is 66.5 Å². The standard InChI is InChI=1S/C19H24N2O3/c1-12(2)16(17(22)20-13-8-4-3-5-9-13)21-18(23)14-10-6-7-11-15(14)19(21)24/h6-7,10-13,16H,3-5,8-9H2,1-2H3,(H,20,22). The highest BCUT2D eigenvalue weighted by atomic mass is 16.2. The van der Waals surface area contributed by atoms with Crippen molar-refractivity contribution < 1.29 is 14.4 Å². The zero-order valence-corrected chi connectivity index (χ0v) is 14.2. The first-order valence-corrected chi connectivity index (χ1v) is 8.78. The average Bonchev–Trinajstić information content (AvgIpc) is 2.81. The van der Waals surface area contributed by atoms with Crippen LogP contribution in [0.4, 0.5) is 0 Å². The summed E-state index contributed by atoms with van der Waals surface area (Å²) >= 11 is 0. The van der Waals surface area contributed by atoms with Crippen molar-refractivity contribution >= 4 is 17.7 Å². The Kier molecular flexibility index (Phi) is 4.69. The molecule has 0 aromatic heterocycles. The van der Waals surface area contributed by atoms with Gasteiger partial charge in [0.15, 0.2) is 0 Å². The lowest BCUT2D eigenvalue weighted by Gasteiger charge is -2.31. The maximum Gasteiger partial charge on any atom is 0.262 e. The predicted octanol–water partition coefficient (Wildman–Crippen LogP) is 2.76. The van der Waals surface area contributed by atoms with Crippen LogP contribution >= 0.6 is 0 Å². The Balaban J connectivity index is 1.82. The van der Waals surface area contributed by atoms with Crippen LogP contribution in [0, 0.1) is 5.92 Å². The van der Waals surface area contributed by atoms with E-state index >= 15 is 0 Å². The Morgan fingerprint density at radius 1 is 1.04 bits per heavy atom. The minimum atomic E-state index is -0.765. The van der Waals surface area contributed by atoms with Gasteiger partial charge in [0.25, 0.3) is 11.8 Å². The van der Waals surface area contributed by atoms with E-state index in [1.54, 1.807) is 24.3 Å². The van der Waals surface area contributed by atoms with E-state index in [2.05, 4.69) is 5.32 Å². The van der Waals surface area contributed by atoms with Gasteiger partial charge in [-0.05, 0) is 30.9 Å². The van der Waals surface area contributed by atoms with Crippen molar-refractivity contribution in [1.29, 1.82) is 0 Å². The van der Waals surface area contributed by atoms with Crippen LogP contribution in [0.5, 0.6) is 0 Å². The van der Waals surface area contributed by atoms with Gasteiger partial charge in [-0.2, -0.15) is 0 Å². The molecule has 1 aliphatic heterocycles. The van der Waals surface area contributed by atoms with Crippen molar-refractivity contribution in [2.75, 3.05) is 0 Å². The van der Waals surface area contributed by atoms with Gasteiger partial charge in [-0.1, -0.05) is 45.2 Å². The molecule has 0 radical (unpaired) electrons. The largest absolute Gasteiger partial charge is 0.352 e. The summed E-state index contributed by atoms with van der Waals surface area (Å²) in [5.74, 6) is -1.09. The van der Waals surface area contributed by atoms with Gasteiger partial charge in [-0.15, -0.1) is 0 Å². The van der Waals surface area contributed by atoms with Gasteiger partial charge >= 0.3 is 0 Å². The second-order valence-electron chi connectivity index (χ2n) is 7.06. The number of carbonyl (C=O) groups is 3. The molecule has 1 atom stereocenters. The summed E-state index contributed by atoms with van der Waals surface area (Å²) in [6, 6.07) is 6.15. The van der Waals surface area contributed by atoms with Crippen LogP contribution < -0.4 is 5.32 Å². The van der Waals surface area contributed by atoms with Crippen molar-refractivity contribution in [3.05, 3.63) is 35.4 Å². The smallest absolute Gasteiger partial charge is 0.262 e. The third-order valence-electron chi connectivity index (χ3n) is 4.96. The normalized spacial score (nSPS) is 19.5. The lowest BCUT2D eigenvalue weighted by molar-refractivity contribution is -0.127. The van der Waals surface area contributed by atoms with E-state index in [0.29, 0.717) is 11.1 Å². The number of carbonyl (C=O) groups excluding carboxylic acids is 3. The first kappa shape index (κ1) is 16.7. The van der Waals surface area contributed by atoms with E-state index in [9.17, 15) is 14.4 Å². The second-order valence-corrected chi connectivity index (χ2v) is 7.06. The molecular weight excluding hydrogens is 304 g/mol. The third-order valence-corrected chi connectivity index (χ3v) is 4.96. The van der Waals surface area contributed by atoms with Crippen LogP contribution in [0.25, 0.3) is 0 Å². The van der Waals surface area contributed by atoms with E-state index in [-0.39, 0.29) is 29.7 Å². The van der Waals surface area contributed by atoms with Gasteiger partial charge in [0.05, 0.1) is 11.1 Å². The van der Waals surface area contributed by atoms with Crippen molar-refractivity contribution in [3.8, 4) is 0 Å². The first-order chi connectivity index (χ1) is 11.5. The molecular formula is C19H24N2O3. The fourth-order valence-electron chi connectivity index (χ4n) is 3.71. The molecule has 0 saturated heterocycles. The highest BCUT2D eigenvalue weighted by Crippen LogP contribution is 2.27. The Labute approximate surface area is 142 Å². The van der Waals surface area contributed by atoms with Crippen LogP contribution in [0.15, 0.2) is 24.3 Å². The van der Waals surface area contributed by atoms with Crippen molar-refractivity contribution in [3.63, 3.8) is 0 Å². The van der Waals surface area contributed by atoms with E-state index in [4.69, 9.17) is 0 Å². The summed E-state index contributed by atoms with van der Waals surface area (Å²) in [4.78, 5) is 39.3. The Morgan fingerprint density at radius 3 is 2.08 bits per heavy atom. The lowest BCUT2D eigenvalue weighted by atomic mass is 9.94. The molecule has 5 nitrogen and oxygen atoms in total. The fourth-order valence-corrected chi connectivity index (χ4v) is 3.71. The van der Waals surface area contributed by atoms with Crippen LogP contribution in [-0.2, 0) is 4.79 Å². The minimum absolute atomic E-state index is 0.143. The van der Waals surface area contributed by atoms with Crippen LogP contribution in [0.3, 0.4) is 0 Å². The number of rotatable bonds is 4. The summed E-state index contributed by atoms with van der Waals surface area (Å²) in [6.07, 6.45) is 5.38. The summed E-state index contributed by atoms with van der Waals surface area (Å²) in [6.45, 7) is 3.74. The number of nitrogens with one attached hydrogen (secondary N) is 1. The number of benzene rings is 1. The Bertz CT molecular complexity index is 627. The number of imide groups is 1. The molecule has 1 heterocycles. The van der Waals surface area contributed by atoms with Crippen molar-refractivity contribution in [1.82, 2.24) is 10.2 Å². The molecule has 1 N–H and O–H groups in total. The first-order valence-electron chi connectivity index (χ1n) is 8.78. The average molecular weight is 328 g/mol. The van der Waals surface area contributed by atoms with E-state index < -0.39 is 6.04 Å². The van der Waals surface area contributed by atoms with Crippen LogP contribution in [0.2, 0.25) is 0 Å². The molecule has 1 fully saturated rings. The molecule has 2 aliphatic rings. The fraction of sp³-hybridized carbons (Fsp3) is 0.526. The molecule has 5 heteroatoms. The maximum absolute atomic E-state index is 12.8. The van der Waals surface area contributed by atoms with Crippen molar-refractivity contribution in [2.24, 2.45) is 5.92 Å². The van der Waals surface area contributed by atoms with Crippen LogP contribution in [0.1, 0.15) is 66.7 Å². The molecule has 1 saturated carbocycles. The molecule has 3 rings (SSSR count). The highest BCUT2D eigenvalue weighted by molar-refractivity contribution is 6.22. The lowest BCUT2D eigenvalue weighted by Crippen LogP contribution is -2.54. The molecule has 1 aromatic rings. The number of nitrogens with zero attached hydrogens (tertiary/aromatic N) is 1. The summed E-state index contributed by atoms with van der Waals surface area (Å²) in [7, 11) is 0. The van der Waals surface area contributed by atoms with E-state index in [0.717, 1.165) is 30.6 Å². The van der Waals surface area contributed by atoms with E-state index in [1.807, 2.05) is 13.8 Å².